The Bertz CT molecular complexity index is 548. The molecule has 0 amide bonds. The number of carboxylic acid groups (broad SMARTS) is 1. The summed E-state index contributed by atoms with van der Waals surface area (Å²) >= 11 is 4.32. The van der Waals surface area contributed by atoms with Crippen LogP contribution in [0.2, 0.25) is 0 Å². The van der Waals surface area contributed by atoms with Gasteiger partial charge >= 0.3 is 5.97 Å². The first-order valence-corrected chi connectivity index (χ1v) is 8.79. The number of hydrogen-bond acceptors (Lipinski definition) is 4. The molecular weight excluding hydrogens is 354 g/mol. The lowest BCUT2D eigenvalue weighted by Gasteiger charge is -2.19. The van der Waals surface area contributed by atoms with Gasteiger partial charge in [-0.25, -0.2) is 8.42 Å². The van der Waals surface area contributed by atoms with Crippen molar-refractivity contribution in [3.05, 3.63) is 15.4 Å². The fraction of sp³-hybridized carbons (Fsp3) is 0.545. The molecule has 0 saturated heterocycles. The zero-order valence-corrected chi connectivity index (χ0v) is 14.0. The number of aryl methyl sites for hydroxylation is 1. The first kappa shape index (κ1) is 16.6. The molecule has 8 heteroatoms. The van der Waals surface area contributed by atoms with Crippen molar-refractivity contribution in [1.29, 1.82) is 0 Å². The summed E-state index contributed by atoms with van der Waals surface area (Å²) in [6.07, 6.45) is 0.576. The van der Waals surface area contributed by atoms with Crippen molar-refractivity contribution in [2.24, 2.45) is 5.92 Å². The van der Waals surface area contributed by atoms with E-state index < -0.39 is 22.0 Å². The summed E-state index contributed by atoms with van der Waals surface area (Å²) in [5.74, 6) is -1.44. The molecule has 1 heterocycles. The highest BCUT2D eigenvalue weighted by Crippen LogP contribution is 2.30. The molecule has 0 fully saturated rings. The zero-order valence-electron chi connectivity index (χ0n) is 10.8. The minimum atomic E-state index is -3.80. The zero-order chi connectivity index (χ0) is 14.8. The van der Waals surface area contributed by atoms with Gasteiger partial charge in [0.25, 0.3) is 10.0 Å². The summed E-state index contributed by atoms with van der Waals surface area (Å²) in [6, 6.07) is 0.406. The Balaban J connectivity index is 3.04. The molecule has 0 aromatic carbocycles. The molecule has 1 aromatic heterocycles. The van der Waals surface area contributed by atoms with Crippen molar-refractivity contribution in [3.63, 3.8) is 0 Å². The van der Waals surface area contributed by atoms with E-state index in [1.807, 2.05) is 6.92 Å². The molecule has 1 aromatic rings. The molecule has 0 saturated carbocycles. The monoisotopic (exact) mass is 369 g/mol. The molecule has 0 aliphatic heterocycles. The maximum Gasteiger partial charge on any atom is 0.322 e. The molecular formula is C11H16BrNO4S2. The molecule has 1 rings (SSSR count). The molecule has 108 valence electrons. The van der Waals surface area contributed by atoms with Crippen molar-refractivity contribution in [3.8, 4) is 0 Å². The van der Waals surface area contributed by atoms with E-state index in [2.05, 4.69) is 20.7 Å². The molecule has 2 unspecified atom stereocenters. The fourth-order valence-electron chi connectivity index (χ4n) is 1.44. The summed E-state index contributed by atoms with van der Waals surface area (Å²) in [4.78, 5) is 11.1. The van der Waals surface area contributed by atoms with Gasteiger partial charge in [0.2, 0.25) is 0 Å². The fourth-order valence-corrected chi connectivity index (χ4v) is 4.98. The van der Waals surface area contributed by atoms with Crippen molar-refractivity contribution < 1.29 is 18.3 Å². The average Bonchev–Trinajstić information content (AvgIpc) is 2.66. The summed E-state index contributed by atoms with van der Waals surface area (Å²) in [5.41, 5.74) is 0.806. The third-order valence-electron chi connectivity index (χ3n) is 2.86. The number of sulfonamides is 1. The van der Waals surface area contributed by atoms with E-state index in [0.717, 1.165) is 20.7 Å². The van der Waals surface area contributed by atoms with Crippen LogP contribution >= 0.6 is 27.3 Å². The Labute approximate surface area is 125 Å². The van der Waals surface area contributed by atoms with Gasteiger partial charge in [0.15, 0.2) is 0 Å². The minimum absolute atomic E-state index is 0.117. The van der Waals surface area contributed by atoms with Crippen LogP contribution in [-0.4, -0.2) is 25.5 Å². The Morgan fingerprint density at radius 3 is 2.53 bits per heavy atom. The third kappa shape index (κ3) is 4.01. The highest BCUT2D eigenvalue weighted by molar-refractivity contribution is 9.11. The second kappa shape index (κ2) is 6.34. The van der Waals surface area contributed by atoms with Gasteiger partial charge in [0.05, 0.1) is 3.79 Å². The normalized spacial score (nSPS) is 15.2. The molecule has 2 atom stereocenters. The first-order valence-electron chi connectivity index (χ1n) is 5.70. The van der Waals surface area contributed by atoms with Crippen molar-refractivity contribution in [1.82, 2.24) is 4.72 Å². The maximum atomic E-state index is 12.1. The van der Waals surface area contributed by atoms with Gasteiger partial charge in [-0.2, -0.15) is 4.72 Å². The molecule has 0 spiro atoms. The van der Waals surface area contributed by atoms with Crippen LogP contribution in [0, 0.1) is 12.8 Å². The lowest BCUT2D eigenvalue weighted by Crippen LogP contribution is -2.44. The van der Waals surface area contributed by atoms with Crippen LogP contribution in [0.3, 0.4) is 0 Å². The largest absolute Gasteiger partial charge is 0.480 e. The molecule has 5 nitrogen and oxygen atoms in total. The van der Waals surface area contributed by atoms with Crippen LogP contribution < -0.4 is 4.72 Å². The smallest absolute Gasteiger partial charge is 0.322 e. The molecule has 0 aliphatic rings. The van der Waals surface area contributed by atoms with Gasteiger partial charge in [0.1, 0.15) is 10.3 Å². The van der Waals surface area contributed by atoms with Crippen LogP contribution in [0.25, 0.3) is 0 Å². The highest BCUT2D eigenvalue weighted by Gasteiger charge is 2.30. The summed E-state index contributed by atoms with van der Waals surface area (Å²) < 4.78 is 27.4. The Morgan fingerprint density at radius 2 is 2.16 bits per heavy atom. The van der Waals surface area contributed by atoms with Crippen molar-refractivity contribution in [2.75, 3.05) is 0 Å². The molecule has 0 radical (unpaired) electrons. The van der Waals surface area contributed by atoms with Gasteiger partial charge in [-0.15, -0.1) is 11.3 Å². The van der Waals surface area contributed by atoms with Gasteiger partial charge < -0.3 is 5.11 Å². The standard InChI is InChI=1S/C11H16BrNO4S2/c1-4-6(2)9(11(14)15)13-19(16,17)8-5-7(3)10(12)18-8/h5-6,9,13H,4H2,1-3H3,(H,14,15). The van der Waals surface area contributed by atoms with Gasteiger partial charge in [-0.1, -0.05) is 20.3 Å². The number of carbonyl (C=O) groups is 1. The van der Waals surface area contributed by atoms with E-state index >= 15 is 0 Å². The van der Waals surface area contributed by atoms with Crippen LogP contribution in [0.1, 0.15) is 25.8 Å². The molecule has 19 heavy (non-hydrogen) atoms. The first-order chi connectivity index (χ1) is 8.69. The van der Waals surface area contributed by atoms with Gasteiger partial charge in [-0.3, -0.25) is 4.79 Å². The van der Waals surface area contributed by atoms with Crippen LogP contribution in [-0.2, 0) is 14.8 Å². The minimum Gasteiger partial charge on any atom is -0.480 e. The second-order valence-corrected chi connectivity index (χ2v) is 8.66. The number of aliphatic carboxylic acids is 1. The average molecular weight is 370 g/mol. The van der Waals surface area contributed by atoms with Gasteiger partial charge in [0, 0.05) is 0 Å². The van der Waals surface area contributed by atoms with Crippen molar-refractivity contribution in [2.45, 2.75) is 37.4 Å². The SMILES string of the molecule is CCC(C)C(NS(=O)(=O)c1cc(C)c(Br)s1)C(=O)O. The summed E-state index contributed by atoms with van der Waals surface area (Å²) in [7, 11) is -3.80. The van der Waals surface area contributed by atoms with E-state index in [9.17, 15) is 13.2 Å². The van der Waals surface area contributed by atoms with Gasteiger partial charge in [-0.05, 0) is 40.4 Å². The lowest BCUT2D eigenvalue weighted by molar-refractivity contribution is -0.140. The molecule has 0 aliphatic carbocycles. The topological polar surface area (TPSA) is 83.5 Å². The Kier molecular flexibility index (Phi) is 5.54. The van der Waals surface area contributed by atoms with E-state index in [-0.39, 0.29) is 10.1 Å². The number of nitrogens with one attached hydrogen (secondary N) is 1. The summed E-state index contributed by atoms with van der Waals surface area (Å²) in [5, 5.41) is 9.11. The number of hydrogen-bond donors (Lipinski definition) is 2. The van der Waals surface area contributed by atoms with Crippen LogP contribution in [0.5, 0.6) is 0 Å². The van der Waals surface area contributed by atoms with Crippen molar-refractivity contribution >= 4 is 43.3 Å². The van der Waals surface area contributed by atoms with E-state index in [4.69, 9.17) is 5.11 Å². The number of rotatable bonds is 6. The maximum absolute atomic E-state index is 12.1. The highest BCUT2D eigenvalue weighted by atomic mass is 79.9. The second-order valence-electron chi connectivity index (χ2n) is 4.34. The predicted octanol–water partition coefficient (Wildman–Crippen LogP) is 2.60. The number of halogens is 1. The van der Waals surface area contributed by atoms with E-state index in [1.54, 1.807) is 13.8 Å². The van der Waals surface area contributed by atoms with Crippen LogP contribution in [0.15, 0.2) is 14.1 Å². The third-order valence-corrected chi connectivity index (χ3v) is 6.91. The lowest BCUT2D eigenvalue weighted by atomic mass is 10.0. The van der Waals surface area contributed by atoms with E-state index in [0.29, 0.717) is 6.42 Å². The number of carboxylic acids is 1. The quantitative estimate of drug-likeness (QED) is 0.806. The molecule has 0 bridgehead atoms. The van der Waals surface area contributed by atoms with E-state index in [1.165, 1.54) is 6.07 Å². The summed E-state index contributed by atoms with van der Waals surface area (Å²) in [6.45, 7) is 5.31. The van der Waals surface area contributed by atoms with Crippen LogP contribution in [0.4, 0.5) is 0 Å². The Morgan fingerprint density at radius 1 is 1.58 bits per heavy atom. The number of thiophene rings is 1. The predicted molar refractivity (Wildman–Crippen MR) is 78.0 cm³/mol. The molecule has 2 N–H and O–H groups in total. The Hall–Kier alpha value is -0.440.